The lowest BCUT2D eigenvalue weighted by Crippen LogP contribution is -2.16. The summed E-state index contributed by atoms with van der Waals surface area (Å²) in [5.74, 6) is -0.451. The summed E-state index contributed by atoms with van der Waals surface area (Å²) in [6.45, 7) is 2.51. The van der Waals surface area contributed by atoms with Crippen molar-refractivity contribution in [2.75, 3.05) is 19.0 Å². The van der Waals surface area contributed by atoms with Crippen LogP contribution >= 0.6 is 11.6 Å². The number of carboxylic acid groups (broad SMARTS) is 1. The third-order valence-electron chi connectivity index (χ3n) is 4.70. The van der Waals surface area contributed by atoms with Crippen LogP contribution in [0.3, 0.4) is 0 Å². The number of halogens is 1. The predicted octanol–water partition coefficient (Wildman–Crippen LogP) is 4.11. The van der Waals surface area contributed by atoms with E-state index in [2.05, 4.69) is 10.3 Å². The van der Waals surface area contributed by atoms with Gasteiger partial charge in [-0.3, -0.25) is 4.79 Å². The number of nitrogens with one attached hydrogen (secondary N) is 2. The quantitative estimate of drug-likeness (QED) is 0.555. The Hall–Kier alpha value is -2.99. The average Bonchev–Trinajstić information content (AvgIpc) is 2.69. The number of para-hydroxylation sites is 1. The van der Waals surface area contributed by atoms with Crippen LogP contribution in [0.2, 0.25) is 5.02 Å². The third kappa shape index (κ3) is 3.68. The SMILES string of the molecule is CCc1c(Cl)c(NCCc2ccccc2OC)cc2c(=O)c(C(=O)O)c[nH]c12. The van der Waals surface area contributed by atoms with Gasteiger partial charge in [0.15, 0.2) is 0 Å². The van der Waals surface area contributed by atoms with Gasteiger partial charge in [-0.15, -0.1) is 0 Å². The fraction of sp³-hybridized carbons (Fsp3) is 0.238. The Morgan fingerprint density at radius 1 is 1.32 bits per heavy atom. The van der Waals surface area contributed by atoms with Gasteiger partial charge in [-0.2, -0.15) is 0 Å². The standard InChI is InChI=1S/C21H21ClN2O4/c1-3-13-18(22)16(23-9-8-12-6-4-5-7-17(12)28-2)10-14-19(13)24-11-15(20(14)25)21(26)27/h4-7,10-11,23H,3,8-9H2,1-2H3,(H,24,25)(H,26,27). The molecule has 0 saturated heterocycles. The lowest BCUT2D eigenvalue weighted by atomic mass is 10.0. The predicted molar refractivity (Wildman–Crippen MR) is 111 cm³/mol. The fourth-order valence-electron chi connectivity index (χ4n) is 3.27. The van der Waals surface area contributed by atoms with Crippen LogP contribution in [-0.4, -0.2) is 29.7 Å². The van der Waals surface area contributed by atoms with Crippen LogP contribution in [0.4, 0.5) is 5.69 Å². The number of benzene rings is 2. The molecule has 0 amide bonds. The number of fused-ring (bicyclic) bond motifs is 1. The van der Waals surface area contributed by atoms with Crippen molar-refractivity contribution in [2.24, 2.45) is 0 Å². The van der Waals surface area contributed by atoms with Gasteiger partial charge in [-0.25, -0.2) is 4.79 Å². The van der Waals surface area contributed by atoms with E-state index in [4.69, 9.17) is 16.3 Å². The minimum Gasteiger partial charge on any atom is -0.496 e. The van der Waals surface area contributed by atoms with Gasteiger partial charge in [-0.05, 0) is 36.1 Å². The van der Waals surface area contributed by atoms with Crippen LogP contribution in [0.15, 0.2) is 41.3 Å². The summed E-state index contributed by atoms with van der Waals surface area (Å²) < 4.78 is 5.36. The number of anilines is 1. The van der Waals surface area contributed by atoms with Crippen LogP contribution in [0.5, 0.6) is 5.75 Å². The molecule has 0 atom stereocenters. The molecule has 146 valence electrons. The highest BCUT2D eigenvalue weighted by molar-refractivity contribution is 6.35. The molecule has 0 bridgehead atoms. The van der Waals surface area contributed by atoms with Crippen molar-refractivity contribution >= 4 is 34.2 Å². The highest BCUT2D eigenvalue weighted by Gasteiger charge is 2.17. The molecule has 0 aliphatic carbocycles. The summed E-state index contributed by atoms with van der Waals surface area (Å²) in [5.41, 5.74) is 2.17. The number of ether oxygens (including phenoxy) is 1. The van der Waals surface area contributed by atoms with Crippen LogP contribution in [0.1, 0.15) is 28.4 Å². The molecular formula is C21H21ClN2O4. The average molecular weight is 401 g/mol. The Bertz CT molecular complexity index is 1090. The highest BCUT2D eigenvalue weighted by atomic mass is 35.5. The Kier molecular flexibility index (Phi) is 5.90. The Morgan fingerprint density at radius 3 is 2.75 bits per heavy atom. The molecule has 0 radical (unpaired) electrons. The maximum Gasteiger partial charge on any atom is 0.341 e. The first kappa shape index (κ1) is 19.8. The molecule has 28 heavy (non-hydrogen) atoms. The lowest BCUT2D eigenvalue weighted by molar-refractivity contribution is 0.0695. The number of hydrogen-bond donors (Lipinski definition) is 3. The number of carbonyl (C=O) groups is 1. The summed E-state index contributed by atoms with van der Waals surface area (Å²) in [6, 6.07) is 9.37. The van der Waals surface area contributed by atoms with Gasteiger partial charge in [-0.1, -0.05) is 36.7 Å². The number of carboxylic acids is 1. The molecule has 0 saturated carbocycles. The Labute approximate surface area is 167 Å². The topological polar surface area (TPSA) is 91.4 Å². The largest absolute Gasteiger partial charge is 0.496 e. The zero-order chi connectivity index (χ0) is 20.3. The van der Waals surface area contributed by atoms with Crippen LogP contribution in [0, 0.1) is 0 Å². The van der Waals surface area contributed by atoms with Gasteiger partial charge in [0.2, 0.25) is 5.43 Å². The van der Waals surface area contributed by atoms with Gasteiger partial charge >= 0.3 is 5.97 Å². The monoisotopic (exact) mass is 400 g/mol. The number of aromatic amines is 1. The van der Waals surface area contributed by atoms with Crippen LogP contribution in [-0.2, 0) is 12.8 Å². The van der Waals surface area contributed by atoms with Gasteiger partial charge in [0.25, 0.3) is 0 Å². The molecule has 3 N–H and O–H groups in total. The van der Waals surface area contributed by atoms with Crippen molar-refractivity contribution in [1.82, 2.24) is 4.98 Å². The van der Waals surface area contributed by atoms with E-state index in [0.717, 1.165) is 16.9 Å². The molecular weight excluding hydrogens is 380 g/mol. The summed E-state index contributed by atoms with van der Waals surface area (Å²) in [6.07, 6.45) is 2.52. The molecule has 1 aromatic heterocycles. The molecule has 0 aliphatic heterocycles. The van der Waals surface area contributed by atoms with Gasteiger partial charge in [0.1, 0.15) is 11.3 Å². The first-order valence-electron chi connectivity index (χ1n) is 8.93. The van der Waals surface area contributed by atoms with E-state index in [9.17, 15) is 14.7 Å². The number of rotatable bonds is 7. The van der Waals surface area contributed by atoms with E-state index in [1.807, 2.05) is 31.2 Å². The number of methoxy groups -OCH3 is 1. The summed E-state index contributed by atoms with van der Waals surface area (Å²) in [7, 11) is 1.63. The third-order valence-corrected chi connectivity index (χ3v) is 5.13. The number of hydrogen-bond acceptors (Lipinski definition) is 4. The molecule has 3 aromatic rings. The summed E-state index contributed by atoms with van der Waals surface area (Å²) in [4.78, 5) is 26.8. The van der Waals surface area contributed by atoms with E-state index in [-0.39, 0.29) is 5.56 Å². The van der Waals surface area contributed by atoms with Crippen molar-refractivity contribution in [3.8, 4) is 5.75 Å². The number of aromatic nitrogens is 1. The number of aromatic carboxylic acids is 1. The van der Waals surface area contributed by atoms with Crippen molar-refractivity contribution < 1.29 is 14.6 Å². The van der Waals surface area contributed by atoms with E-state index < -0.39 is 11.4 Å². The zero-order valence-corrected chi connectivity index (χ0v) is 16.4. The van der Waals surface area contributed by atoms with E-state index in [1.165, 1.54) is 6.20 Å². The second-order valence-corrected chi connectivity index (χ2v) is 6.70. The van der Waals surface area contributed by atoms with Gasteiger partial charge in [0, 0.05) is 18.1 Å². The maximum absolute atomic E-state index is 12.6. The first-order chi connectivity index (χ1) is 13.5. The normalized spacial score (nSPS) is 10.8. The van der Waals surface area contributed by atoms with E-state index >= 15 is 0 Å². The zero-order valence-electron chi connectivity index (χ0n) is 15.6. The lowest BCUT2D eigenvalue weighted by Gasteiger charge is -2.15. The minimum absolute atomic E-state index is 0.295. The second kappa shape index (κ2) is 8.35. The van der Waals surface area contributed by atoms with Crippen molar-refractivity contribution in [1.29, 1.82) is 0 Å². The molecule has 6 nitrogen and oxygen atoms in total. The van der Waals surface area contributed by atoms with Crippen LogP contribution in [0.25, 0.3) is 10.9 Å². The van der Waals surface area contributed by atoms with Crippen molar-refractivity contribution in [3.05, 3.63) is 68.5 Å². The summed E-state index contributed by atoms with van der Waals surface area (Å²) in [5, 5.41) is 13.3. The summed E-state index contributed by atoms with van der Waals surface area (Å²) >= 11 is 6.56. The molecule has 0 spiro atoms. The molecule has 2 aromatic carbocycles. The second-order valence-electron chi connectivity index (χ2n) is 6.32. The molecule has 0 fully saturated rings. The fourth-order valence-corrected chi connectivity index (χ4v) is 3.62. The van der Waals surface area contributed by atoms with Gasteiger partial charge in [0.05, 0.1) is 23.3 Å². The Morgan fingerprint density at radius 2 is 2.07 bits per heavy atom. The van der Waals surface area contributed by atoms with E-state index in [1.54, 1.807) is 13.2 Å². The smallest absolute Gasteiger partial charge is 0.341 e. The van der Waals surface area contributed by atoms with E-state index in [0.29, 0.717) is 41.0 Å². The molecule has 3 rings (SSSR count). The number of H-pyrrole nitrogens is 1. The highest BCUT2D eigenvalue weighted by Crippen LogP contribution is 2.32. The molecule has 0 aliphatic rings. The molecule has 0 unspecified atom stereocenters. The van der Waals surface area contributed by atoms with Crippen LogP contribution < -0.4 is 15.5 Å². The number of aryl methyl sites for hydroxylation is 1. The maximum atomic E-state index is 12.6. The first-order valence-corrected chi connectivity index (χ1v) is 9.31. The van der Waals surface area contributed by atoms with Crippen molar-refractivity contribution in [3.63, 3.8) is 0 Å². The van der Waals surface area contributed by atoms with Gasteiger partial charge < -0.3 is 20.1 Å². The Balaban J connectivity index is 1.96. The minimum atomic E-state index is -1.26. The number of pyridine rings is 1. The van der Waals surface area contributed by atoms with Crippen molar-refractivity contribution in [2.45, 2.75) is 19.8 Å². The molecule has 7 heteroatoms. The molecule has 1 heterocycles.